The van der Waals surface area contributed by atoms with Gasteiger partial charge in [0.15, 0.2) is 0 Å². The van der Waals surface area contributed by atoms with E-state index in [1.807, 2.05) is 0 Å². The molecule has 0 radical (unpaired) electrons. The Bertz CT molecular complexity index is 1360. The van der Waals surface area contributed by atoms with Crippen molar-refractivity contribution in [1.82, 2.24) is 9.29 Å². The number of H-pyrrole nitrogens is 1. The van der Waals surface area contributed by atoms with Crippen LogP contribution in [0.1, 0.15) is 47.2 Å². The maximum Gasteiger partial charge on any atom is 0.573 e. The molecule has 0 spiro atoms. The Morgan fingerprint density at radius 2 is 1.89 bits per heavy atom. The predicted octanol–water partition coefficient (Wildman–Crippen LogP) is 4.27. The molecule has 0 unspecified atom stereocenters. The van der Waals surface area contributed by atoms with Crippen molar-refractivity contribution in [3.63, 3.8) is 0 Å². The van der Waals surface area contributed by atoms with E-state index < -0.39 is 22.3 Å². The lowest BCUT2D eigenvalue weighted by molar-refractivity contribution is -0.274. The zero-order valence-corrected chi connectivity index (χ0v) is 20.3. The van der Waals surface area contributed by atoms with Gasteiger partial charge in [0.1, 0.15) is 18.1 Å². The van der Waals surface area contributed by atoms with Crippen LogP contribution in [-0.2, 0) is 16.6 Å². The number of aromatic amines is 1. The van der Waals surface area contributed by atoms with Crippen molar-refractivity contribution in [2.45, 2.75) is 38.7 Å². The molecular weight excluding hydrogens is 499 g/mol. The van der Waals surface area contributed by atoms with E-state index in [1.54, 1.807) is 25.3 Å². The lowest BCUT2D eigenvalue weighted by Gasteiger charge is -2.31. The second-order valence-corrected chi connectivity index (χ2v) is 10.8. The number of piperidine rings is 1. The zero-order chi connectivity index (χ0) is 26.1. The van der Waals surface area contributed by atoms with Gasteiger partial charge >= 0.3 is 6.36 Å². The number of nitrogens with two attached hydrogens (primary N) is 1. The highest BCUT2D eigenvalue weighted by atomic mass is 32.2. The molecule has 1 saturated heterocycles. The number of sulfonamides is 1. The minimum absolute atomic E-state index is 0.0542. The molecule has 8 nitrogen and oxygen atoms in total. The van der Waals surface area contributed by atoms with Gasteiger partial charge in [0.05, 0.1) is 16.8 Å². The van der Waals surface area contributed by atoms with E-state index >= 15 is 0 Å². The molecule has 2 aromatic carbocycles. The van der Waals surface area contributed by atoms with Crippen molar-refractivity contribution in [2.75, 3.05) is 18.8 Å². The first-order valence-corrected chi connectivity index (χ1v) is 13.0. The van der Waals surface area contributed by atoms with Gasteiger partial charge in [0.2, 0.25) is 10.0 Å². The summed E-state index contributed by atoms with van der Waals surface area (Å²) in [4.78, 5) is 15.2. The second-order valence-electron chi connectivity index (χ2n) is 8.56. The van der Waals surface area contributed by atoms with E-state index in [9.17, 15) is 26.4 Å². The number of rotatable bonds is 8. The number of fused-ring (bicyclic) bond motifs is 1. The van der Waals surface area contributed by atoms with E-state index in [4.69, 9.17) is 10.5 Å². The molecular formula is C24H26F3N3O5S. The molecule has 3 aromatic rings. The molecule has 3 N–H and O–H groups in total. The number of carbonyl (C=O) groups is 1. The number of ether oxygens (including phenoxy) is 2. The number of carbonyl (C=O) groups excluding carboxylic acids is 1. The molecule has 0 bridgehead atoms. The number of aromatic nitrogens is 1. The topological polar surface area (TPSA) is 115 Å². The maximum absolute atomic E-state index is 12.5. The molecule has 1 aromatic heterocycles. The normalized spacial score (nSPS) is 15.8. The number of nitrogens with zero attached hydrogens (tertiary/aromatic N) is 1. The van der Waals surface area contributed by atoms with Gasteiger partial charge in [0.25, 0.3) is 5.91 Å². The Balaban J connectivity index is 1.57. The number of primary amides is 1. The van der Waals surface area contributed by atoms with Crippen molar-refractivity contribution in [1.29, 1.82) is 0 Å². The maximum atomic E-state index is 12.5. The van der Waals surface area contributed by atoms with E-state index in [1.165, 1.54) is 28.6 Å². The van der Waals surface area contributed by atoms with Crippen LogP contribution in [0.4, 0.5) is 13.2 Å². The molecule has 1 aliphatic heterocycles. The Kier molecular flexibility index (Phi) is 7.19. The Morgan fingerprint density at radius 3 is 2.53 bits per heavy atom. The average molecular weight is 526 g/mol. The summed E-state index contributed by atoms with van der Waals surface area (Å²) in [5.74, 6) is -0.581. The van der Waals surface area contributed by atoms with Gasteiger partial charge in [0, 0.05) is 24.7 Å². The smallest absolute Gasteiger partial charge is 0.489 e. The van der Waals surface area contributed by atoms with Crippen LogP contribution in [0.15, 0.2) is 42.6 Å². The van der Waals surface area contributed by atoms with E-state index in [-0.39, 0.29) is 29.6 Å². The highest BCUT2D eigenvalue weighted by Crippen LogP contribution is 2.37. The summed E-state index contributed by atoms with van der Waals surface area (Å²) < 4.78 is 73.2. The Labute approximate surface area is 206 Å². The van der Waals surface area contributed by atoms with Crippen LogP contribution >= 0.6 is 0 Å². The summed E-state index contributed by atoms with van der Waals surface area (Å²) in [6.07, 6.45) is -1.76. The third-order valence-electron chi connectivity index (χ3n) is 6.25. The standard InChI is InChI=1S/C24H26F3N3O5S/c1-2-36(32,33)30-8-6-16(7-9-30)21-13-29-22-19(21)11-18(12-20(22)23(28)31)34-14-15-4-3-5-17(10-15)35-24(25,26)27/h3-5,10-13,16,29H,2,6-9,14H2,1H3,(H2,28,31). The molecule has 0 atom stereocenters. The minimum atomic E-state index is -4.80. The van der Waals surface area contributed by atoms with Crippen molar-refractivity contribution >= 4 is 26.8 Å². The predicted molar refractivity (Wildman–Crippen MR) is 127 cm³/mol. The first kappa shape index (κ1) is 25.8. The number of halogens is 3. The fraction of sp³-hybridized carbons (Fsp3) is 0.375. The van der Waals surface area contributed by atoms with E-state index in [0.29, 0.717) is 42.8 Å². The number of nitrogens with one attached hydrogen (secondary N) is 1. The van der Waals surface area contributed by atoms with Crippen LogP contribution in [0.2, 0.25) is 0 Å². The third kappa shape index (κ3) is 5.76. The van der Waals surface area contributed by atoms with Gasteiger partial charge in [-0.2, -0.15) is 0 Å². The average Bonchev–Trinajstić information content (AvgIpc) is 3.25. The lowest BCUT2D eigenvalue weighted by atomic mass is 9.89. The van der Waals surface area contributed by atoms with Gasteiger partial charge in [-0.05, 0) is 61.1 Å². The van der Waals surface area contributed by atoms with Crippen LogP contribution in [0.25, 0.3) is 10.9 Å². The SMILES string of the molecule is CCS(=O)(=O)N1CCC(c2c[nH]c3c(C(N)=O)cc(OCc4cccc(OC(F)(F)F)c4)cc23)CC1. The number of benzene rings is 2. The molecule has 1 aliphatic rings. The summed E-state index contributed by atoms with van der Waals surface area (Å²) in [5.41, 5.74) is 7.72. The second kappa shape index (κ2) is 10.0. The van der Waals surface area contributed by atoms with Crippen LogP contribution in [0.5, 0.6) is 11.5 Å². The fourth-order valence-electron chi connectivity index (χ4n) is 4.47. The first-order chi connectivity index (χ1) is 17.0. The van der Waals surface area contributed by atoms with Gasteiger partial charge in [-0.1, -0.05) is 12.1 Å². The molecule has 1 amide bonds. The van der Waals surface area contributed by atoms with E-state index in [2.05, 4.69) is 9.72 Å². The highest BCUT2D eigenvalue weighted by Gasteiger charge is 2.31. The summed E-state index contributed by atoms with van der Waals surface area (Å²) in [5, 5.41) is 0.729. The number of alkyl halides is 3. The third-order valence-corrected chi connectivity index (χ3v) is 8.13. The number of hydrogen-bond acceptors (Lipinski definition) is 5. The summed E-state index contributed by atoms with van der Waals surface area (Å²) in [6.45, 7) is 2.37. The zero-order valence-electron chi connectivity index (χ0n) is 19.5. The Hall–Kier alpha value is -3.25. The molecule has 36 heavy (non-hydrogen) atoms. The molecule has 0 saturated carbocycles. The molecule has 1 fully saturated rings. The molecule has 0 aliphatic carbocycles. The van der Waals surface area contributed by atoms with Crippen molar-refractivity contribution in [2.24, 2.45) is 5.73 Å². The van der Waals surface area contributed by atoms with Gasteiger partial charge in [-0.15, -0.1) is 13.2 Å². The number of hydrogen-bond donors (Lipinski definition) is 2. The Morgan fingerprint density at radius 1 is 1.17 bits per heavy atom. The minimum Gasteiger partial charge on any atom is -0.489 e. The summed E-state index contributed by atoms with van der Waals surface area (Å²) >= 11 is 0. The fourth-order valence-corrected chi connectivity index (χ4v) is 5.60. The van der Waals surface area contributed by atoms with Crippen LogP contribution in [0, 0.1) is 0 Å². The van der Waals surface area contributed by atoms with Crippen LogP contribution < -0.4 is 15.2 Å². The summed E-state index contributed by atoms with van der Waals surface area (Å²) in [7, 11) is -3.25. The van der Waals surface area contributed by atoms with Crippen LogP contribution in [0.3, 0.4) is 0 Å². The van der Waals surface area contributed by atoms with E-state index in [0.717, 1.165) is 10.9 Å². The van der Waals surface area contributed by atoms with Gasteiger partial charge in [-0.3, -0.25) is 4.79 Å². The van der Waals surface area contributed by atoms with Gasteiger partial charge < -0.3 is 20.2 Å². The highest BCUT2D eigenvalue weighted by molar-refractivity contribution is 7.89. The quantitative estimate of drug-likeness (QED) is 0.456. The molecule has 12 heteroatoms. The largest absolute Gasteiger partial charge is 0.573 e. The molecule has 194 valence electrons. The van der Waals surface area contributed by atoms with Crippen molar-refractivity contribution in [3.8, 4) is 11.5 Å². The first-order valence-electron chi connectivity index (χ1n) is 11.4. The van der Waals surface area contributed by atoms with Gasteiger partial charge in [-0.25, -0.2) is 12.7 Å². The molecule has 4 rings (SSSR count). The van der Waals surface area contributed by atoms with Crippen LogP contribution in [-0.4, -0.2) is 48.8 Å². The van der Waals surface area contributed by atoms with Crippen molar-refractivity contribution in [3.05, 3.63) is 59.3 Å². The monoisotopic (exact) mass is 525 g/mol. The number of amides is 1. The lowest BCUT2D eigenvalue weighted by Crippen LogP contribution is -2.38. The van der Waals surface area contributed by atoms with Crippen molar-refractivity contribution < 1.29 is 35.9 Å². The molecule has 2 heterocycles. The summed E-state index contributed by atoms with van der Waals surface area (Å²) in [6, 6.07) is 8.66.